The first-order valence-corrected chi connectivity index (χ1v) is 16.9. The summed E-state index contributed by atoms with van der Waals surface area (Å²) in [6.45, 7) is 0. The predicted octanol–water partition coefficient (Wildman–Crippen LogP) is 11.9. The first-order valence-electron chi connectivity index (χ1n) is 16.9. The average Bonchev–Trinajstić information content (AvgIpc) is 3.75. The Labute approximate surface area is 289 Å². The van der Waals surface area contributed by atoms with Gasteiger partial charge in [0.25, 0.3) is 0 Å². The minimum Gasteiger partial charge on any atom is -0.353 e. The predicted molar refractivity (Wildman–Crippen MR) is 207 cm³/mol. The highest BCUT2D eigenvalue weighted by Crippen LogP contribution is 2.39. The minimum absolute atomic E-state index is 0.687. The molecule has 0 aliphatic rings. The van der Waals surface area contributed by atoms with E-state index in [4.69, 9.17) is 9.97 Å². The quantitative estimate of drug-likeness (QED) is 0.204. The van der Waals surface area contributed by atoms with E-state index in [0.717, 1.165) is 55.8 Å². The Kier molecular flexibility index (Phi) is 6.46. The fraction of sp³-hybridized carbons (Fsp3) is 0. The summed E-state index contributed by atoms with van der Waals surface area (Å²) in [7, 11) is 0. The third-order valence-corrected chi connectivity index (χ3v) is 9.76. The molecule has 234 valence electrons. The van der Waals surface area contributed by atoms with Crippen LogP contribution in [-0.4, -0.2) is 19.5 Å². The van der Waals surface area contributed by atoms with Crippen molar-refractivity contribution in [1.82, 2.24) is 19.5 Å². The van der Waals surface area contributed by atoms with Gasteiger partial charge in [0.1, 0.15) is 0 Å². The SMILES string of the molecule is c1ccc(-c2ccc(-c3cc(-c4ccccc4)nc(-c4cccc(-n5c6ccccc6c6ccc7c8ccccc8[nH]c7c65)c4)n3)cc2)cc1. The lowest BCUT2D eigenvalue weighted by Gasteiger charge is -2.12. The van der Waals surface area contributed by atoms with Gasteiger partial charge >= 0.3 is 0 Å². The van der Waals surface area contributed by atoms with Crippen molar-refractivity contribution in [3.63, 3.8) is 0 Å². The Hall–Kier alpha value is -6.78. The van der Waals surface area contributed by atoms with Crippen LogP contribution in [0.5, 0.6) is 0 Å². The fourth-order valence-electron chi connectivity index (χ4n) is 7.37. The van der Waals surface area contributed by atoms with E-state index in [9.17, 15) is 0 Å². The number of benzene rings is 7. The molecule has 3 heterocycles. The van der Waals surface area contributed by atoms with Crippen LogP contribution in [0.4, 0.5) is 0 Å². The second-order valence-corrected chi connectivity index (χ2v) is 12.7. The van der Waals surface area contributed by atoms with E-state index in [1.165, 1.54) is 32.7 Å². The Morgan fingerprint density at radius 2 is 0.980 bits per heavy atom. The van der Waals surface area contributed by atoms with Crippen LogP contribution in [0.3, 0.4) is 0 Å². The largest absolute Gasteiger partial charge is 0.353 e. The van der Waals surface area contributed by atoms with E-state index in [-0.39, 0.29) is 0 Å². The molecule has 0 bridgehead atoms. The van der Waals surface area contributed by atoms with Crippen LogP contribution < -0.4 is 0 Å². The van der Waals surface area contributed by atoms with E-state index in [1.54, 1.807) is 0 Å². The number of para-hydroxylation sites is 2. The smallest absolute Gasteiger partial charge is 0.160 e. The van der Waals surface area contributed by atoms with Crippen molar-refractivity contribution in [3.05, 3.63) is 176 Å². The van der Waals surface area contributed by atoms with E-state index in [2.05, 4.69) is 173 Å². The average molecular weight is 639 g/mol. The van der Waals surface area contributed by atoms with E-state index >= 15 is 0 Å². The number of hydrogen-bond donors (Lipinski definition) is 1. The van der Waals surface area contributed by atoms with Gasteiger partial charge in [-0.25, -0.2) is 9.97 Å². The van der Waals surface area contributed by atoms with Gasteiger partial charge in [0.05, 0.1) is 27.9 Å². The maximum atomic E-state index is 5.20. The van der Waals surface area contributed by atoms with Gasteiger partial charge in [-0.05, 0) is 41.5 Å². The zero-order chi connectivity index (χ0) is 33.0. The Morgan fingerprint density at radius 1 is 0.400 bits per heavy atom. The molecule has 0 aliphatic carbocycles. The van der Waals surface area contributed by atoms with Crippen LogP contribution in [0.15, 0.2) is 176 Å². The molecule has 0 fully saturated rings. The molecule has 0 saturated carbocycles. The van der Waals surface area contributed by atoms with Crippen LogP contribution in [-0.2, 0) is 0 Å². The molecule has 0 unspecified atom stereocenters. The van der Waals surface area contributed by atoms with Gasteiger partial charge in [-0.1, -0.05) is 146 Å². The molecule has 7 aromatic carbocycles. The Bertz CT molecular complexity index is 2850. The van der Waals surface area contributed by atoms with Crippen LogP contribution >= 0.6 is 0 Å². The van der Waals surface area contributed by atoms with Crippen LogP contribution in [0.2, 0.25) is 0 Å². The molecule has 3 aromatic heterocycles. The fourth-order valence-corrected chi connectivity index (χ4v) is 7.37. The lowest BCUT2D eigenvalue weighted by atomic mass is 10.0. The Morgan fingerprint density at radius 3 is 1.76 bits per heavy atom. The molecule has 1 N–H and O–H groups in total. The first-order chi connectivity index (χ1) is 24.8. The standard InChI is InChI=1S/C46H30N4/c1-3-12-30(13-4-1)31-22-24-33(25-23-31)42-29-41(32-14-5-2-6-15-32)48-46(49-42)34-16-11-17-35(28-34)50-43-21-10-8-19-37(43)39-27-26-38-36-18-7-9-20-40(36)47-44(38)45(39)50/h1-29,47H. The maximum Gasteiger partial charge on any atom is 0.160 e. The van der Waals surface area contributed by atoms with E-state index < -0.39 is 0 Å². The van der Waals surface area contributed by atoms with Gasteiger partial charge in [-0.15, -0.1) is 0 Å². The summed E-state index contributed by atoms with van der Waals surface area (Å²) in [6.07, 6.45) is 0. The molecule has 0 spiro atoms. The van der Waals surface area contributed by atoms with Crippen molar-refractivity contribution in [2.45, 2.75) is 0 Å². The summed E-state index contributed by atoms with van der Waals surface area (Å²) in [5, 5.41) is 4.88. The molecule has 10 rings (SSSR count). The van der Waals surface area contributed by atoms with Crippen molar-refractivity contribution in [2.24, 2.45) is 0 Å². The molecule has 50 heavy (non-hydrogen) atoms. The van der Waals surface area contributed by atoms with Gasteiger partial charge in [0.15, 0.2) is 5.82 Å². The molecule has 0 atom stereocenters. The van der Waals surface area contributed by atoms with E-state index in [1.807, 2.05) is 12.1 Å². The summed E-state index contributed by atoms with van der Waals surface area (Å²) in [4.78, 5) is 14.1. The number of H-pyrrole nitrogens is 1. The molecule has 0 radical (unpaired) electrons. The number of fused-ring (bicyclic) bond motifs is 7. The summed E-state index contributed by atoms with van der Waals surface area (Å²) >= 11 is 0. The van der Waals surface area contributed by atoms with Gasteiger partial charge in [0.2, 0.25) is 0 Å². The monoisotopic (exact) mass is 638 g/mol. The topological polar surface area (TPSA) is 46.5 Å². The maximum absolute atomic E-state index is 5.20. The molecule has 4 nitrogen and oxygen atoms in total. The third kappa shape index (κ3) is 4.61. The lowest BCUT2D eigenvalue weighted by molar-refractivity contribution is 1.16. The van der Waals surface area contributed by atoms with Gasteiger partial charge in [0, 0.05) is 49.4 Å². The zero-order valence-corrected chi connectivity index (χ0v) is 27.1. The molecule has 4 heteroatoms. The lowest BCUT2D eigenvalue weighted by Crippen LogP contribution is -1.98. The molecule has 0 saturated heterocycles. The van der Waals surface area contributed by atoms with Crippen molar-refractivity contribution >= 4 is 43.6 Å². The number of aromatic amines is 1. The number of nitrogens with zero attached hydrogens (tertiary/aromatic N) is 3. The summed E-state index contributed by atoms with van der Waals surface area (Å²) in [5.41, 5.74) is 12.8. The second kappa shape index (κ2) is 11.4. The molecule has 10 aromatic rings. The number of aromatic nitrogens is 4. The highest BCUT2D eigenvalue weighted by molar-refractivity contribution is 6.22. The van der Waals surface area contributed by atoms with Crippen LogP contribution in [0.1, 0.15) is 0 Å². The molecular formula is C46H30N4. The highest BCUT2D eigenvalue weighted by atomic mass is 15.0. The van der Waals surface area contributed by atoms with Gasteiger partial charge in [-0.2, -0.15) is 0 Å². The molecule has 0 aliphatic heterocycles. The molecule has 0 amide bonds. The second-order valence-electron chi connectivity index (χ2n) is 12.7. The number of nitrogens with one attached hydrogen (secondary N) is 1. The third-order valence-electron chi connectivity index (χ3n) is 9.76. The van der Waals surface area contributed by atoms with Gasteiger partial charge < -0.3 is 9.55 Å². The van der Waals surface area contributed by atoms with Crippen molar-refractivity contribution in [2.75, 3.05) is 0 Å². The summed E-state index contributed by atoms with van der Waals surface area (Å²) in [5.74, 6) is 0.687. The Balaban J connectivity index is 1.16. The van der Waals surface area contributed by atoms with Crippen LogP contribution in [0, 0.1) is 0 Å². The number of hydrogen-bond acceptors (Lipinski definition) is 2. The van der Waals surface area contributed by atoms with E-state index in [0.29, 0.717) is 5.82 Å². The normalized spacial score (nSPS) is 11.6. The van der Waals surface area contributed by atoms with Crippen molar-refractivity contribution < 1.29 is 0 Å². The first kappa shape index (κ1) is 28.3. The molecular weight excluding hydrogens is 609 g/mol. The van der Waals surface area contributed by atoms with Gasteiger partial charge in [-0.3, -0.25) is 0 Å². The summed E-state index contributed by atoms with van der Waals surface area (Å²) < 4.78 is 2.39. The number of rotatable bonds is 5. The minimum atomic E-state index is 0.687. The van der Waals surface area contributed by atoms with Crippen LogP contribution in [0.25, 0.3) is 94.3 Å². The van der Waals surface area contributed by atoms with Crippen molar-refractivity contribution in [1.29, 1.82) is 0 Å². The zero-order valence-electron chi connectivity index (χ0n) is 27.1. The summed E-state index contributed by atoms with van der Waals surface area (Å²) in [6, 6.07) is 61.9. The highest BCUT2D eigenvalue weighted by Gasteiger charge is 2.18. The van der Waals surface area contributed by atoms with Crippen molar-refractivity contribution in [3.8, 4) is 50.7 Å².